The lowest BCUT2D eigenvalue weighted by Gasteiger charge is -2.13. The predicted octanol–water partition coefficient (Wildman–Crippen LogP) is 4.16. The fourth-order valence-corrected chi connectivity index (χ4v) is 2.73. The van der Waals surface area contributed by atoms with Crippen LogP contribution < -0.4 is 15.2 Å². The van der Waals surface area contributed by atoms with E-state index in [9.17, 15) is 14.0 Å². The Labute approximate surface area is 154 Å². The normalized spacial score (nSPS) is 10.3. The highest BCUT2D eigenvalue weighted by Gasteiger charge is 2.17. The summed E-state index contributed by atoms with van der Waals surface area (Å²) in [5.74, 6) is -0.936. The minimum absolute atomic E-state index is 0.0281. The van der Waals surface area contributed by atoms with E-state index in [1.54, 1.807) is 24.3 Å². The number of pyridine rings is 1. The standard InChI is InChI=1S/C20H15F2N3O2/c1-26-12-4-6-19(27-2)14(8-12)18-9-13(15(10-23)20(24)25-18)11-3-5-16(21)17(22)7-11/h3-9H,1-2H3,(H2,24,25). The topological polar surface area (TPSA) is 81.2 Å². The van der Waals surface area contributed by atoms with Gasteiger partial charge >= 0.3 is 0 Å². The molecule has 27 heavy (non-hydrogen) atoms. The van der Waals surface area contributed by atoms with E-state index in [4.69, 9.17) is 15.2 Å². The number of benzene rings is 2. The summed E-state index contributed by atoms with van der Waals surface area (Å²) in [5, 5.41) is 9.45. The zero-order valence-electron chi connectivity index (χ0n) is 14.6. The molecule has 0 aliphatic rings. The van der Waals surface area contributed by atoms with Crippen LogP contribution in [0.1, 0.15) is 5.56 Å². The third-order valence-corrected chi connectivity index (χ3v) is 4.07. The molecule has 3 rings (SSSR count). The molecule has 136 valence electrons. The summed E-state index contributed by atoms with van der Waals surface area (Å²) in [7, 11) is 3.04. The van der Waals surface area contributed by atoms with Crippen molar-refractivity contribution in [1.29, 1.82) is 5.26 Å². The van der Waals surface area contributed by atoms with E-state index < -0.39 is 11.6 Å². The lowest BCUT2D eigenvalue weighted by atomic mass is 9.98. The average Bonchev–Trinajstić information content (AvgIpc) is 2.68. The van der Waals surface area contributed by atoms with Crippen molar-refractivity contribution in [3.63, 3.8) is 0 Å². The van der Waals surface area contributed by atoms with Crippen molar-refractivity contribution in [3.8, 4) is 40.0 Å². The van der Waals surface area contributed by atoms with E-state index in [-0.39, 0.29) is 11.4 Å². The monoisotopic (exact) mass is 367 g/mol. The molecule has 0 saturated heterocycles. The second-order valence-electron chi connectivity index (χ2n) is 5.62. The van der Waals surface area contributed by atoms with Gasteiger partial charge < -0.3 is 15.2 Å². The molecule has 0 aliphatic heterocycles. The zero-order chi connectivity index (χ0) is 19.6. The molecule has 2 aromatic carbocycles. The first-order valence-corrected chi connectivity index (χ1v) is 7.87. The Morgan fingerprint density at radius 2 is 1.74 bits per heavy atom. The third-order valence-electron chi connectivity index (χ3n) is 4.07. The number of nitrogens with zero attached hydrogens (tertiary/aromatic N) is 2. The van der Waals surface area contributed by atoms with Crippen molar-refractivity contribution in [2.45, 2.75) is 0 Å². The van der Waals surface area contributed by atoms with Gasteiger partial charge in [-0.05, 0) is 42.0 Å². The molecule has 0 radical (unpaired) electrons. The van der Waals surface area contributed by atoms with E-state index in [1.807, 2.05) is 6.07 Å². The van der Waals surface area contributed by atoms with E-state index in [0.29, 0.717) is 33.9 Å². The van der Waals surface area contributed by atoms with Crippen LogP contribution in [0.5, 0.6) is 11.5 Å². The average molecular weight is 367 g/mol. The predicted molar refractivity (Wildman–Crippen MR) is 97.3 cm³/mol. The lowest BCUT2D eigenvalue weighted by Crippen LogP contribution is -2.01. The molecule has 0 saturated carbocycles. The molecule has 1 heterocycles. The maximum absolute atomic E-state index is 13.7. The van der Waals surface area contributed by atoms with Gasteiger partial charge in [-0.1, -0.05) is 6.07 Å². The first-order chi connectivity index (χ1) is 13.0. The summed E-state index contributed by atoms with van der Waals surface area (Å²) < 4.78 is 37.6. The van der Waals surface area contributed by atoms with E-state index in [1.165, 1.54) is 20.3 Å². The SMILES string of the molecule is COc1ccc(OC)c(-c2cc(-c3ccc(F)c(F)c3)c(C#N)c(N)n2)c1. The van der Waals surface area contributed by atoms with Crippen LogP contribution in [0, 0.1) is 23.0 Å². The third kappa shape index (κ3) is 3.37. The van der Waals surface area contributed by atoms with Gasteiger partial charge in [0, 0.05) is 11.1 Å². The minimum atomic E-state index is -1.02. The quantitative estimate of drug-likeness (QED) is 0.749. The van der Waals surface area contributed by atoms with Gasteiger partial charge in [0.1, 0.15) is 28.9 Å². The molecule has 2 N–H and O–H groups in total. The van der Waals surface area contributed by atoms with Crippen LogP contribution in [0.15, 0.2) is 42.5 Å². The van der Waals surface area contributed by atoms with E-state index >= 15 is 0 Å². The van der Waals surface area contributed by atoms with Gasteiger partial charge in [0.15, 0.2) is 11.6 Å². The smallest absolute Gasteiger partial charge is 0.159 e. The van der Waals surface area contributed by atoms with Crippen molar-refractivity contribution < 1.29 is 18.3 Å². The number of ether oxygens (including phenoxy) is 2. The highest BCUT2D eigenvalue weighted by atomic mass is 19.2. The van der Waals surface area contributed by atoms with Gasteiger partial charge in [-0.25, -0.2) is 13.8 Å². The molecular formula is C20H15F2N3O2. The van der Waals surface area contributed by atoms with Crippen LogP contribution >= 0.6 is 0 Å². The Bertz CT molecular complexity index is 1060. The Balaban J connectivity index is 2.27. The second-order valence-corrected chi connectivity index (χ2v) is 5.62. The molecule has 0 bridgehead atoms. The van der Waals surface area contributed by atoms with Crippen LogP contribution in [0.3, 0.4) is 0 Å². The first-order valence-electron chi connectivity index (χ1n) is 7.87. The van der Waals surface area contributed by atoms with E-state index in [0.717, 1.165) is 12.1 Å². The number of rotatable bonds is 4. The Morgan fingerprint density at radius 1 is 0.963 bits per heavy atom. The van der Waals surface area contributed by atoms with Gasteiger partial charge in [-0.3, -0.25) is 0 Å². The van der Waals surface area contributed by atoms with Crippen LogP contribution in [0.25, 0.3) is 22.4 Å². The summed E-state index contributed by atoms with van der Waals surface area (Å²) in [6.07, 6.45) is 0. The van der Waals surface area contributed by atoms with Gasteiger partial charge in [0.25, 0.3) is 0 Å². The number of methoxy groups -OCH3 is 2. The molecule has 5 nitrogen and oxygen atoms in total. The maximum Gasteiger partial charge on any atom is 0.159 e. The summed E-state index contributed by atoms with van der Waals surface area (Å²) in [4.78, 5) is 4.28. The van der Waals surface area contributed by atoms with Crippen molar-refractivity contribution in [1.82, 2.24) is 4.98 Å². The number of aromatic nitrogens is 1. The summed E-state index contributed by atoms with van der Waals surface area (Å²) in [6.45, 7) is 0. The fourth-order valence-electron chi connectivity index (χ4n) is 2.73. The van der Waals surface area contributed by atoms with Gasteiger partial charge in [0.2, 0.25) is 0 Å². The number of nitrogens with two attached hydrogens (primary N) is 1. The molecule has 0 aliphatic carbocycles. The van der Waals surface area contributed by atoms with E-state index in [2.05, 4.69) is 4.98 Å². The molecule has 0 amide bonds. The number of hydrogen-bond donors (Lipinski definition) is 1. The first kappa shape index (κ1) is 18.1. The zero-order valence-corrected chi connectivity index (χ0v) is 14.6. The number of nitriles is 1. The molecule has 7 heteroatoms. The summed E-state index contributed by atoms with van der Waals surface area (Å²) >= 11 is 0. The van der Waals surface area contributed by atoms with Crippen LogP contribution in [-0.4, -0.2) is 19.2 Å². The van der Waals surface area contributed by atoms with Crippen molar-refractivity contribution in [2.24, 2.45) is 0 Å². The Kier molecular flexibility index (Phi) is 4.90. The molecule has 3 aromatic rings. The van der Waals surface area contributed by atoms with Gasteiger partial charge in [0.05, 0.1) is 19.9 Å². The number of halogens is 2. The van der Waals surface area contributed by atoms with Gasteiger partial charge in [-0.2, -0.15) is 5.26 Å². The molecule has 0 unspecified atom stereocenters. The summed E-state index contributed by atoms with van der Waals surface area (Å²) in [6, 6.07) is 12.1. The summed E-state index contributed by atoms with van der Waals surface area (Å²) in [5.41, 5.74) is 7.67. The fraction of sp³-hybridized carbons (Fsp3) is 0.100. The molecule has 1 aromatic heterocycles. The second kappa shape index (κ2) is 7.30. The maximum atomic E-state index is 13.7. The molecule has 0 atom stereocenters. The van der Waals surface area contributed by atoms with Crippen molar-refractivity contribution in [2.75, 3.05) is 20.0 Å². The minimum Gasteiger partial charge on any atom is -0.497 e. The molecular weight excluding hydrogens is 352 g/mol. The van der Waals surface area contributed by atoms with Crippen molar-refractivity contribution in [3.05, 3.63) is 59.7 Å². The van der Waals surface area contributed by atoms with Crippen molar-refractivity contribution >= 4 is 5.82 Å². The highest BCUT2D eigenvalue weighted by Crippen LogP contribution is 2.37. The largest absolute Gasteiger partial charge is 0.497 e. The Hall–Kier alpha value is -3.66. The molecule has 0 spiro atoms. The number of anilines is 1. The Morgan fingerprint density at radius 3 is 2.37 bits per heavy atom. The van der Waals surface area contributed by atoms with Gasteiger partial charge in [-0.15, -0.1) is 0 Å². The molecule has 0 fully saturated rings. The number of nitrogen functional groups attached to an aromatic ring is 1. The highest BCUT2D eigenvalue weighted by molar-refractivity contribution is 5.82. The van der Waals surface area contributed by atoms with Crippen LogP contribution in [0.4, 0.5) is 14.6 Å². The number of hydrogen-bond acceptors (Lipinski definition) is 5. The van der Waals surface area contributed by atoms with Crippen LogP contribution in [-0.2, 0) is 0 Å². The van der Waals surface area contributed by atoms with Crippen LogP contribution in [0.2, 0.25) is 0 Å². The lowest BCUT2D eigenvalue weighted by molar-refractivity contribution is 0.404.